The Kier molecular flexibility index (Phi) is 6.78. The minimum atomic E-state index is -0.401. The van der Waals surface area contributed by atoms with Gasteiger partial charge in [0, 0.05) is 50.5 Å². The number of carbonyl (C=O) groups excluding carboxylic acids is 1. The summed E-state index contributed by atoms with van der Waals surface area (Å²) in [6, 6.07) is 15.3. The minimum absolute atomic E-state index is 0.0939. The van der Waals surface area contributed by atoms with Crippen LogP contribution < -0.4 is 21.5 Å². The molecule has 0 aliphatic carbocycles. The molecule has 3 aromatic heterocycles. The number of carbonyl (C=O) groups is 1. The van der Waals surface area contributed by atoms with Crippen LogP contribution in [0.1, 0.15) is 28.9 Å². The van der Waals surface area contributed by atoms with E-state index in [4.69, 9.17) is 22.3 Å². The fraction of sp³-hybridized carbons (Fsp3) is 0.267. The SMILES string of the molecule is Cc1c(C(=O)NC2CCN(c3nc(-c4ccc5ccn(C)c5c4)cnc3N)CC2)c(=O)n(-c2ccccc2Cl)n1C. The zero-order valence-corrected chi connectivity index (χ0v) is 23.9. The maximum absolute atomic E-state index is 13.3. The largest absolute Gasteiger partial charge is 0.381 e. The number of aromatic nitrogens is 5. The average Bonchev–Trinajstić information content (AvgIpc) is 3.44. The number of halogens is 1. The van der Waals surface area contributed by atoms with Gasteiger partial charge in [-0.15, -0.1) is 0 Å². The highest BCUT2D eigenvalue weighted by atomic mass is 35.5. The van der Waals surface area contributed by atoms with Crippen molar-refractivity contribution in [1.82, 2.24) is 29.2 Å². The van der Waals surface area contributed by atoms with Gasteiger partial charge >= 0.3 is 0 Å². The summed E-state index contributed by atoms with van der Waals surface area (Å²) in [6.07, 6.45) is 5.09. The Morgan fingerprint density at radius 1 is 1.10 bits per heavy atom. The van der Waals surface area contributed by atoms with Gasteiger partial charge in [-0.2, -0.15) is 0 Å². The maximum Gasteiger partial charge on any atom is 0.284 e. The van der Waals surface area contributed by atoms with Gasteiger partial charge in [0.05, 0.1) is 28.3 Å². The van der Waals surface area contributed by atoms with Crippen LogP contribution in [0.25, 0.3) is 27.8 Å². The maximum atomic E-state index is 13.3. The molecule has 5 aromatic rings. The number of rotatable bonds is 5. The Hall–Kier alpha value is -4.57. The lowest BCUT2D eigenvalue weighted by molar-refractivity contribution is 0.0929. The number of hydrogen-bond donors (Lipinski definition) is 2. The van der Waals surface area contributed by atoms with E-state index in [9.17, 15) is 9.59 Å². The van der Waals surface area contributed by atoms with Gasteiger partial charge in [-0.1, -0.05) is 35.9 Å². The molecule has 11 heteroatoms. The van der Waals surface area contributed by atoms with Crippen molar-refractivity contribution in [2.75, 3.05) is 23.7 Å². The number of anilines is 2. The predicted octanol–water partition coefficient (Wildman–Crippen LogP) is 4.07. The molecule has 0 radical (unpaired) electrons. The van der Waals surface area contributed by atoms with Crippen molar-refractivity contribution in [3.8, 4) is 16.9 Å². The number of aryl methyl sites for hydroxylation is 1. The molecule has 1 fully saturated rings. The summed E-state index contributed by atoms with van der Waals surface area (Å²) in [5, 5.41) is 4.67. The smallest absolute Gasteiger partial charge is 0.284 e. The zero-order valence-electron chi connectivity index (χ0n) is 23.1. The van der Waals surface area contributed by atoms with E-state index in [0.717, 1.165) is 22.2 Å². The molecule has 0 saturated carbocycles. The van der Waals surface area contributed by atoms with E-state index < -0.39 is 5.56 Å². The van der Waals surface area contributed by atoms with Crippen molar-refractivity contribution in [3.63, 3.8) is 0 Å². The Morgan fingerprint density at radius 2 is 1.85 bits per heavy atom. The van der Waals surface area contributed by atoms with E-state index in [1.165, 1.54) is 4.68 Å². The molecule has 3 N–H and O–H groups in total. The third-order valence-electron chi connectivity index (χ3n) is 7.96. The highest BCUT2D eigenvalue weighted by Crippen LogP contribution is 2.29. The van der Waals surface area contributed by atoms with E-state index in [0.29, 0.717) is 54.0 Å². The third-order valence-corrected chi connectivity index (χ3v) is 8.28. The predicted molar refractivity (Wildman–Crippen MR) is 162 cm³/mol. The van der Waals surface area contributed by atoms with Gasteiger partial charge in [-0.05, 0) is 49.4 Å². The normalized spacial score (nSPS) is 14.1. The van der Waals surface area contributed by atoms with Gasteiger partial charge in [0.25, 0.3) is 11.5 Å². The van der Waals surface area contributed by atoms with Crippen molar-refractivity contribution < 1.29 is 4.79 Å². The molecule has 10 nitrogen and oxygen atoms in total. The standard InChI is InChI=1S/C30H31ClN8O2/c1-18-26(30(41)39(37(18)3)24-7-5-4-6-22(24)31)29(40)34-21-11-14-38(15-12-21)28-27(32)33-17-23(35-28)20-9-8-19-10-13-36(2)25(19)16-20/h4-10,13,16-17,21H,11-12,14-15H2,1-3H3,(H2,32,33)(H,34,40). The van der Waals surface area contributed by atoms with Crippen molar-refractivity contribution in [2.24, 2.45) is 14.1 Å². The van der Waals surface area contributed by atoms with Gasteiger partial charge in [-0.3, -0.25) is 14.3 Å². The Balaban J connectivity index is 1.17. The van der Waals surface area contributed by atoms with Crippen LogP contribution in [0, 0.1) is 6.92 Å². The topological polar surface area (TPSA) is 116 Å². The fourth-order valence-corrected chi connectivity index (χ4v) is 5.76. The number of hydrogen-bond acceptors (Lipinski definition) is 6. The monoisotopic (exact) mass is 570 g/mol. The summed E-state index contributed by atoms with van der Waals surface area (Å²) in [6.45, 7) is 3.04. The summed E-state index contributed by atoms with van der Waals surface area (Å²) >= 11 is 6.35. The molecule has 4 heterocycles. The quantitative estimate of drug-likeness (QED) is 0.329. The highest BCUT2D eigenvalue weighted by molar-refractivity contribution is 6.32. The number of nitrogens with two attached hydrogens (primary N) is 1. The summed E-state index contributed by atoms with van der Waals surface area (Å²) in [7, 11) is 3.76. The van der Waals surface area contributed by atoms with Crippen LogP contribution in [0.4, 0.5) is 11.6 Å². The summed E-state index contributed by atoms with van der Waals surface area (Å²) in [4.78, 5) is 38.1. The van der Waals surface area contributed by atoms with Crippen molar-refractivity contribution >= 4 is 40.0 Å². The van der Waals surface area contributed by atoms with Crippen molar-refractivity contribution in [1.29, 1.82) is 0 Å². The lowest BCUT2D eigenvalue weighted by Crippen LogP contribution is -2.46. The number of fused-ring (bicyclic) bond motifs is 1. The number of piperidine rings is 1. The molecule has 1 saturated heterocycles. The molecule has 0 bridgehead atoms. The molecule has 41 heavy (non-hydrogen) atoms. The number of para-hydroxylation sites is 1. The first-order valence-electron chi connectivity index (χ1n) is 13.5. The van der Waals surface area contributed by atoms with Crippen LogP contribution in [0.15, 0.2) is 65.7 Å². The van der Waals surface area contributed by atoms with E-state index in [1.54, 1.807) is 49.1 Å². The fourth-order valence-electron chi connectivity index (χ4n) is 5.54. The first-order valence-corrected chi connectivity index (χ1v) is 13.9. The number of nitrogens with zero attached hydrogens (tertiary/aromatic N) is 6. The van der Waals surface area contributed by atoms with Crippen LogP contribution in [0.5, 0.6) is 0 Å². The van der Waals surface area contributed by atoms with Gasteiger partial charge in [0.15, 0.2) is 11.6 Å². The van der Waals surface area contributed by atoms with Gasteiger partial charge in [0.2, 0.25) is 0 Å². The van der Waals surface area contributed by atoms with Crippen LogP contribution in [0.3, 0.4) is 0 Å². The number of nitrogen functional groups attached to an aromatic ring is 1. The van der Waals surface area contributed by atoms with E-state index in [-0.39, 0.29) is 17.5 Å². The molecule has 6 rings (SSSR count). The van der Waals surface area contributed by atoms with Crippen LogP contribution >= 0.6 is 11.6 Å². The van der Waals surface area contributed by atoms with Crippen molar-refractivity contribution in [3.05, 3.63) is 87.6 Å². The molecular formula is C30H31ClN8O2. The van der Waals surface area contributed by atoms with E-state index >= 15 is 0 Å². The molecule has 210 valence electrons. The molecule has 2 aromatic carbocycles. The van der Waals surface area contributed by atoms with Crippen molar-refractivity contribution in [2.45, 2.75) is 25.8 Å². The molecule has 0 atom stereocenters. The molecule has 0 unspecified atom stereocenters. The van der Waals surface area contributed by atoms with Gasteiger partial charge in [0.1, 0.15) is 5.56 Å². The Morgan fingerprint density at radius 3 is 2.61 bits per heavy atom. The molecular weight excluding hydrogens is 540 g/mol. The number of amides is 1. The first-order chi connectivity index (χ1) is 19.7. The average molecular weight is 571 g/mol. The summed E-state index contributed by atoms with van der Waals surface area (Å²) in [5.41, 5.74) is 9.91. The van der Waals surface area contributed by atoms with Gasteiger partial charge in [-0.25, -0.2) is 14.6 Å². The third kappa shape index (κ3) is 4.74. The molecule has 1 aliphatic rings. The summed E-state index contributed by atoms with van der Waals surface area (Å²) < 4.78 is 5.16. The number of nitrogens with one attached hydrogen (secondary N) is 1. The molecule has 1 aliphatic heterocycles. The second kappa shape index (κ2) is 10.4. The highest BCUT2D eigenvalue weighted by Gasteiger charge is 2.28. The molecule has 1 amide bonds. The second-order valence-electron chi connectivity index (χ2n) is 10.5. The van der Waals surface area contributed by atoms with Crippen LogP contribution in [-0.2, 0) is 14.1 Å². The lowest BCUT2D eigenvalue weighted by Gasteiger charge is -2.33. The molecule has 0 spiro atoms. The summed E-state index contributed by atoms with van der Waals surface area (Å²) in [5.74, 6) is 0.627. The number of benzene rings is 2. The Bertz CT molecular complexity index is 1850. The van der Waals surface area contributed by atoms with E-state index in [2.05, 4.69) is 38.0 Å². The van der Waals surface area contributed by atoms with Crippen LogP contribution in [-0.4, -0.2) is 48.9 Å². The zero-order chi connectivity index (χ0) is 28.8. The van der Waals surface area contributed by atoms with Gasteiger partial charge < -0.3 is 20.5 Å². The lowest BCUT2D eigenvalue weighted by atomic mass is 10.0. The first kappa shape index (κ1) is 26.6. The van der Waals surface area contributed by atoms with Crippen LogP contribution in [0.2, 0.25) is 5.02 Å². The second-order valence-corrected chi connectivity index (χ2v) is 10.9. The van der Waals surface area contributed by atoms with E-state index in [1.807, 2.05) is 19.3 Å². The minimum Gasteiger partial charge on any atom is -0.381 e. The Labute approximate surface area is 242 Å².